The average molecular weight is 269 g/mol. The summed E-state index contributed by atoms with van der Waals surface area (Å²) in [7, 11) is 0.890. The topological polar surface area (TPSA) is 83.4 Å². The minimum Gasteiger partial charge on any atom is -0.481 e. The number of hydrogen-bond donors (Lipinski definition) is 1. The zero-order valence-electron chi connectivity index (χ0n) is 8.35. The Labute approximate surface area is 96.7 Å². The van der Waals surface area contributed by atoms with E-state index in [1.165, 1.54) is 0 Å². The van der Waals surface area contributed by atoms with Crippen LogP contribution in [0.15, 0.2) is 0 Å². The number of carbonyl (C=O) groups excluding carboxylic acids is 1. The molecule has 0 unspecified atom stereocenters. The summed E-state index contributed by atoms with van der Waals surface area (Å²) in [5, 5.41) is 14.8. The van der Waals surface area contributed by atoms with Gasteiger partial charge in [-0.05, 0) is 0 Å². The van der Waals surface area contributed by atoms with Crippen molar-refractivity contribution in [2.45, 2.75) is 12.6 Å². The van der Waals surface area contributed by atoms with Gasteiger partial charge >= 0.3 is 18.1 Å². The molecule has 0 saturated heterocycles. The van der Waals surface area contributed by atoms with E-state index >= 15 is 0 Å². The smallest absolute Gasteiger partial charge is 0.471 e. The van der Waals surface area contributed by atoms with Crippen LogP contribution in [-0.2, 0) is 16.0 Å². The van der Waals surface area contributed by atoms with E-state index in [1.807, 2.05) is 0 Å². The van der Waals surface area contributed by atoms with E-state index in [0.29, 0.717) is 11.3 Å². The first kappa shape index (κ1) is 13.4. The molecule has 0 aromatic carbocycles. The Morgan fingerprint density at radius 2 is 2.00 bits per heavy atom. The maximum Gasteiger partial charge on any atom is 0.471 e. The lowest BCUT2D eigenvalue weighted by Crippen LogP contribution is -2.38. The van der Waals surface area contributed by atoms with Crippen molar-refractivity contribution >= 4 is 28.3 Å². The van der Waals surface area contributed by atoms with E-state index in [1.54, 1.807) is 0 Å². The molecule has 1 aromatic rings. The van der Waals surface area contributed by atoms with Gasteiger partial charge in [-0.1, -0.05) is 11.3 Å². The molecule has 0 aliphatic carbocycles. The van der Waals surface area contributed by atoms with Gasteiger partial charge in [-0.2, -0.15) is 13.2 Å². The van der Waals surface area contributed by atoms with Gasteiger partial charge in [0, 0.05) is 7.05 Å². The largest absolute Gasteiger partial charge is 0.481 e. The Hall–Kier alpha value is -1.71. The molecule has 0 saturated carbocycles. The lowest BCUT2D eigenvalue weighted by Gasteiger charge is -2.14. The predicted octanol–water partition coefficient (Wildman–Crippen LogP) is 0.690. The second kappa shape index (κ2) is 4.65. The molecule has 6 nitrogen and oxygen atoms in total. The van der Waals surface area contributed by atoms with Crippen molar-refractivity contribution < 1.29 is 27.9 Å². The molecule has 1 amide bonds. The van der Waals surface area contributed by atoms with Crippen molar-refractivity contribution in [1.29, 1.82) is 0 Å². The fourth-order valence-corrected chi connectivity index (χ4v) is 1.65. The van der Waals surface area contributed by atoms with Gasteiger partial charge in [0.2, 0.25) is 5.13 Å². The maximum absolute atomic E-state index is 12.1. The molecule has 94 valence electrons. The molecule has 1 N–H and O–H groups in total. The van der Waals surface area contributed by atoms with Gasteiger partial charge in [-0.25, -0.2) is 0 Å². The quantitative estimate of drug-likeness (QED) is 0.872. The van der Waals surface area contributed by atoms with E-state index in [4.69, 9.17) is 5.11 Å². The van der Waals surface area contributed by atoms with Gasteiger partial charge in [0.25, 0.3) is 0 Å². The summed E-state index contributed by atoms with van der Waals surface area (Å²) in [4.78, 5) is 21.4. The molecule has 1 aromatic heterocycles. The van der Waals surface area contributed by atoms with Crippen LogP contribution in [0.3, 0.4) is 0 Å². The highest BCUT2D eigenvalue weighted by molar-refractivity contribution is 7.15. The van der Waals surface area contributed by atoms with Gasteiger partial charge in [-0.15, -0.1) is 10.2 Å². The Bertz CT molecular complexity index is 445. The number of amides is 1. The molecule has 1 heterocycles. The number of halogens is 3. The number of nitrogens with zero attached hydrogens (tertiary/aromatic N) is 3. The summed E-state index contributed by atoms with van der Waals surface area (Å²) in [6.45, 7) is 0. The first-order valence-corrected chi connectivity index (χ1v) is 4.92. The lowest BCUT2D eigenvalue weighted by atomic mass is 10.5. The fourth-order valence-electron chi connectivity index (χ4n) is 0.858. The minimum absolute atomic E-state index is 0.0225. The molecule has 0 spiro atoms. The van der Waals surface area contributed by atoms with Crippen molar-refractivity contribution in [3.8, 4) is 0 Å². The zero-order chi connectivity index (χ0) is 13.2. The highest BCUT2D eigenvalue weighted by atomic mass is 32.1. The molecule has 17 heavy (non-hydrogen) atoms. The molecule has 10 heteroatoms. The first-order valence-electron chi connectivity index (χ1n) is 4.11. The number of rotatable bonds is 3. The van der Waals surface area contributed by atoms with Crippen molar-refractivity contribution in [2.75, 3.05) is 11.9 Å². The third-order valence-corrected chi connectivity index (χ3v) is 2.59. The van der Waals surface area contributed by atoms with Gasteiger partial charge in [-0.3, -0.25) is 14.5 Å². The molecular weight excluding hydrogens is 263 g/mol. The van der Waals surface area contributed by atoms with Crippen molar-refractivity contribution in [2.24, 2.45) is 0 Å². The highest BCUT2D eigenvalue weighted by Crippen LogP contribution is 2.25. The molecule has 0 radical (unpaired) electrons. The van der Waals surface area contributed by atoms with Crippen LogP contribution in [-0.4, -0.2) is 40.4 Å². The summed E-state index contributed by atoms with van der Waals surface area (Å²) in [6, 6.07) is 0. The van der Waals surface area contributed by atoms with Crippen LogP contribution in [0.1, 0.15) is 5.01 Å². The second-order valence-electron chi connectivity index (χ2n) is 2.91. The van der Waals surface area contributed by atoms with Gasteiger partial charge in [0.05, 0.1) is 6.42 Å². The summed E-state index contributed by atoms with van der Waals surface area (Å²) in [5.74, 6) is -3.27. The Balaban J connectivity index is 2.83. The van der Waals surface area contributed by atoms with Crippen LogP contribution in [0.5, 0.6) is 0 Å². The number of alkyl halides is 3. The number of carboxylic acids is 1. The van der Waals surface area contributed by atoms with E-state index in [-0.39, 0.29) is 15.0 Å². The monoisotopic (exact) mass is 269 g/mol. The second-order valence-corrected chi connectivity index (χ2v) is 3.95. The minimum atomic E-state index is -5.01. The molecule has 0 aliphatic rings. The van der Waals surface area contributed by atoms with Crippen LogP contribution in [0, 0.1) is 0 Å². The summed E-state index contributed by atoms with van der Waals surface area (Å²) >= 11 is 0.616. The van der Waals surface area contributed by atoms with Crippen molar-refractivity contribution in [3.05, 3.63) is 5.01 Å². The van der Waals surface area contributed by atoms with E-state index in [0.717, 1.165) is 7.05 Å². The normalized spacial score (nSPS) is 11.3. The number of carboxylic acid groups (broad SMARTS) is 1. The number of anilines is 1. The Morgan fingerprint density at radius 1 is 1.41 bits per heavy atom. The highest BCUT2D eigenvalue weighted by Gasteiger charge is 2.42. The van der Waals surface area contributed by atoms with Crippen LogP contribution < -0.4 is 4.90 Å². The fraction of sp³-hybridized carbons (Fsp3) is 0.429. The number of aromatic nitrogens is 2. The average Bonchev–Trinajstić information content (AvgIpc) is 2.61. The molecule has 0 bridgehead atoms. The van der Waals surface area contributed by atoms with E-state index in [2.05, 4.69) is 10.2 Å². The summed E-state index contributed by atoms with van der Waals surface area (Å²) < 4.78 is 36.2. The third-order valence-electron chi connectivity index (χ3n) is 1.59. The van der Waals surface area contributed by atoms with E-state index in [9.17, 15) is 22.8 Å². The standard InChI is InChI=1S/C7H6F3N3O3S/c1-13(5(16)7(8,9)10)6-12-11-3(17-6)2-4(14)15/h2H2,1H3,(H,14,15). The number of hydrogen-bond acceptors (Lipinski definition) is 5. The van der Waals surface area contributed by atoms with E-state index < -0.39 is 24.5 Å². The molecule has 0 aliphatic heterocycles. The SMILES string of the molecule is CN(C(=O)C(F)(F)F)c1nnc(CC(=O)O)s1. The summed E-state index contributed by atoms with van der Waals surface area (Å²) in [6.07, 6.45) is -5.46. The van der Waals surface area contributed by atoms with Crippen LogP contribution in [0.2, 0.25) is 0 Å². The van der Waals surface area contributed by atoms with Gasteiger partial charge < -0.3 is 5.11 Å². The lowest BCUT2D eigenvalue weighted by molar-refractivity contribution is -0.170. The zero-order valence-corrected chi connectivity index (χ0v) is 9.17. The molecular formula is C7H6F3N3O3S. The van der Waals surface area contributed by atoms with Crippen LogP contribution >= 0.6 is 11.3 Å². The molecule has 0 fully saturated rings. The Morgan fingerprint density at radius 3 is 2.47 bits per heavy atom. The van der Waals surface area contributed by atoms with Gasteiger partial charge in [0.1, 0.15) is 5.01 Å². The predicted molar refractivity (Wildman–Crippen MR) is 50.7 cm³/mol. The summed E-state index contributed by atoms with van der Waals surface area (Å²) in [5.41, 5.74) is 0. The first-order chi connectivity index (χ1) is 7.71. The van der Waals surface area contributed by atoms with Gasteiger partial charge in [0.15, 0.2) is 0 Å². The Kier molecular flexibility index (Phi) is 3.66. The van der Waals surface area contributed by atoms with Crippen LogP contribution in [0.4, 0.5) is 18.3 Å². The number of aliphatic carboxylic acids is 1. The number of carbonyl (C=O) groups is 2. The van der Waals surface area contributed by atoms with Crippen LogP contribution in [0.25, 0.3) is 0 Å². The maximum atomic E-state index is 12.1. The van der Waals surface area contributed by atoms with Crippen molar-refractivity contribution in [3.63, 3.8) is 0 Å². The van der Waals surface area contributed by atoms with Crippen molar-refractivity contribution in [1.82, 2.24) is 10.2 Å². The molecule has 1 rings (SSSR count). The molecule has 0 atom stereocenters. The third kappa shape index (κ3) is 3.37.